The van der Waals surface area contributed by atoms with Crippen molar-refractivity contribution in [2.24, 2.45) is 0 Å². The van der Waals surface area contributed by atoms with Crippen LogP contribution in [0.15, 0.2) is 15.2 Å². The first-order valence-electron chi connectivity index (χ1n) is 7.45. The molecule has 2 unspecified atom stereocenters. The van der Waals surface area contributed by atoms with E-state index >= 15 is 0 Å². The van der Waals surface area contributed by atoms with Gasteiger partial charge in [0.05, 0.1) is 16.0 Å². The van der Waals surface area contributed by atoms with Crippen molar-refractivity contribution in [1.29, 1.82) is 0 Å². The summed E-state index contributed by atoms with van der Waals surface area (Å²) in [5.74, 6) is 0. The average molecular weight is 361 g/mol. The molecule has 1 fully saturated rings. The minimum atomic E-state index is 0.399. The largest absolute Gasteiger partial charge is 0.372 e. The summed E-state index contributed by atoms with van der Waals surface area (Å²) >= 11 is 5.27. The topological polar surface area (TPSA) is 24.5 Å². The zero-order chi connectivity index (χ0) is 14.4. The maximum Gasteiger partial charge on any atom is 0.0707 e. The summed E-state index contributed by atoms with van der Waals surface area (Å²) in [6.07, 6.45) is 4.38. The Hall–Kier alpha value is 0.0600. The lowest BCUT2D eigenvalue weighted by molar-refractivity contribution is 0.0268. The molecule has 2 heterocycles. The number of rotatable bonds is 8. The van der Waals surface area contributed by atoms with Gasteiger partial charge in [0.1, 0.15) is 0 Å². The van der Waals surface area contributed by atoms with Gasteiger partial charge in [-0.1, -0.05) is 6.92 Å². The number of halogens is 1. The molecule has 1 aliphatic heterocycles. The monoisotopic (exact) mass is 360 g/mol. The lowest BCUT2D eigenvalue weighted by atomic mass is 10.2. The van der Waals surface area contributed by atoms with Gasteiger partial charge in [0.15, 0.2) is 0 Å². The third-order valence-corrected chi connectivity index (χ3v) is 5.14. The Labute approximate surface area is 134 Å². The Morgan fingerprint density at radius 2 is 2.25 bits per heavy atom. The molecule has 1 saturated heterocycles. The van der Waals surface area contributed by atoms with Crippen LogP contribution in [0, 0.1) is 0 Å². The van der Waals surface area contributed by atoms with Crippen LogP contribution in [0.1, 0.15) is 31.7 Å². The normalized spacial score (nSPS) is 22.8. The lowest BCUT2D eigenvalue weighted by Gasteiger charge is -2.21. The van der Waals surface area contributed by atoms with Gasteiger partial charge in [0.25, 0.3) is 0 Å². The summed E-state index contributed by atoms with van der Waals surface area (Å²) in [6, 6.07) is 2.20. The van der Waals surface area contributed by atoms with E-state index in [1.165, 1.54) is 28.6 Å². The number of hydrogen-bond donors (Lipinski definition) is 1. The van der Waals surface area contributed by atoms with Gasteiger partial charge >= 0.3 is 0 Å². The highest BCUT2D eigenvalue weighted by Gasteiger charge is 2.25. The molecule has 1 aromatic heterocycles. The minimum absolute atomic E-state index is 0.399. The standard InChI is InChI=1S/C15H25BrN2OS/c1-3-6-17-8-13-4-5-14(19-13)10-18(2)9-12-7-15(16)20-11-12/h7,11,13-14,17H,3-6,8-10H2,1-2H3. The third kappa shape index (κ3) is 5.45. The molecule has 2 rings (SSSR count). The first kappa shape index (κ1) is 16.4. The molecule has 5 heteroatoms. The number of thiophene rings is 1. The molecule has 0 aliphatic carbocycles. The Bertz CT molecular complexity index is 399. The van der Waals surface area contributed by atoms with E-state index in [1.54, 1.807) is 11.3 Å². The van der Waals surface area contributed by atoms with Gasteiger partial charge in [-0.15, -0.1) is 11.3 Å². The van der Waals surface area contributed by atoms with Crippen LogP contribution in [0.25, 0.3) is 0 Å². The zero-order valence-electron chi connectivity index (χ0n) is 12.4. The molecule has 0 radical (unpaired) electrons. The fourth-order valence-electron chi connectivity index (χ4n) is 2.66. The molecule has 2 atom stereocenters. The highest BCUT2D eigenvalue weighted by Crippen LogP contribution is 2.23. The van der Waals surface area contributed by atoms with Crippen molar-refractivity contribution < 1.29 is 4.74 Å². The summed E-state index contributed by atoms with van der Waals surface area (Å²) in [4.78, 5) is 2.36. The maximum absolute atomic E-state index is 6.11. The molecule has 20 heavy (non-hydrogen) atoms. The fourth-order valence-corrected chi connectivity index (χ4v) is 3.86. The van der Waals surface area contributed by atoms with Crippen LogP contribution in [0.4, 0.5) is 0 Å². The van der Waals surface area contributed by atoms with Crippen LogP contribution in [-0.2, 0) is 11.3 Å². The summed E-state index contributed by atoms with van der Waals surface area (Å²) in [7, 11) is 2.18. The molecular weight excluding hydrogens is 336 g/mol. The van der Waals surface area contributed by atoms with E-state index in [9.17, 15) is 0 Å². The molecular formula is C15H25BrN2OS. The van der Waals surface area contributed by atoms with E-state index in [2.05, 4.69) is 51.6 Å². The number of likely N-dealkylation sites (N-methyl/N-ethyl adjacent to an activating group) is 1. The van der Waals surface area contributed by atoms with E-state index in [-0.39, 0.29) is 0 Å². The Balaban J connectivity index is 1.66. The van der Waals surface area contributed by atoms with Crippen LogP contribution in [0.2, 0.25) is 0 Å². The fraction of sp³-hybridized carbons (Fsp3) is 0.733. The van der Waals surface area contributed by atoms with Crippen molar-refractivity contribution in [3.8, 4) is 0 Å². The van der Waals surface area contributed by atoms with E-state index in [1.807, 2.05) is 0 Å². The van der Waals surface area contributed by atoms with Crippen LogP contribution in [-0.4, -0.2) is 43.8 Å². The van der Waals surface area contributed by atoms with Crippen molar-refractivity contribution in [2.75, 3.05) is 26.7 Å². The van der Waals surface area contributed by atoms with Gasteiger partial charge in [0, 0.05) is 19.6 Å². The summed E-state index contributed by atoms with van der Waals surface area (Å²) in [5, 5.41) is 5.67. The van der Waals surface area contributed by atoms with E-state index in [0.717, 1.165) is 26.2 Å². The molecule has 1 aliphatic rings. The van der Waals surface area contributed by atoms with Crippen molar-refractivity contribution in [1.82, 2.24) is 10.2 Å². The van der Waals surface area contributed by atoms with Crippen LogP contribution in [0.3, 0.4) is 0 Å². The highest BCUT2D eigenvalue weighted by molar-refractivity contribution is 9.11. The zero-order valence-corrected chi connectivity index (χ0v) is 14.8. The van der Waals surface area contributed by atoms with Crippen LogP contribution < -0.4 is 5.32 Å². The van der Waals surface area contributed by atoms with Crippen molar-refractivity contribution in [3.63, 3.8) is 0 Å². The molecule has 0 saturated carbocycles. The number of nitrogens with one attached hydrogen (secondary N) is 1. The molecule has 0 bridgehead atoms. The van der Waals surface area contributed by atoms with Crippen molar-refractivity contribution in [3.05, 3.63) is 20.8 Å². The van der Waals surface area contributed by atoms with Crippen LogP contribution in [0.5, 0.6) is 0 Å². The predicted octanol–water partition coefficient (Wildman–Crippen LogP) is 3.49. The number of nitrogens with zero attached hydrogens (tertiary/aromatic N) is 1. The molecule has 0 spiro atoms. The minimum Gasteiger partial charge on any atom is -0.372 e. The Morgan fingerprint density at radius 3 is 2.95 bits per heavy atom. The molecule has 1 N–H and O–H groups in total. The first-order valence-corrected chi connectivity index (χ1v) is 9.12. The molecule has 3 nitrogen and oxygen atoms in total. The molecule has 114 valence electrons. The van der Waals surface area contributed by atoms with Crippen LogP contribution >= 0.6 is 27.3 Å². The number of ether oxygens (including phenoxy) is 1. The van der Waals surface area contributed by atoms with Gasteiger partial charge in [-0.25, -0.2) is 0 Å². The van der Waals surface area contributed by atoms with Gasteiger partial charge in [-0.2, -0.15) is 0 Å². The summed E-state index contributed by atoms with van der Waals surface area (Å²) in [5.41, 5.74) is 1.38. The van der Waals surface area contributed by atoms with Gasteiger partial charge in [-0.3, -0.25) is 4.90 Å². The maximum atomic E-state index is 6.11. The Morgan fingerprint density at radius 1 is 1.45 bits per heavy atom. The Kier molecular flexibility index (Phi) is 6.97. The highest BCUT2D eigenvalue weighted by atomic mass is 79.9. The predicted molar refractivity (Wildman–Crippen MR) is 89.4 cm³/mol. The summed E-state index contributed by atoms with van der Waals surface area (Å²) < 4.78 is 7.32. The SMILES string of the molecule is CCCNCC1CCC(CN(C)Cc2csc(Br)c2)O1. The van der Waals surface area contributed by atoms with Crippen molar-refractivity contribution >= 4 is 27.3 Å². The van der Waals surface area contributed by atoms with E-state index < -0.39 is 0 Å². The van der Waals surface area contributed by atoms with E-state index in [0.29, 0.717) is 12.2 Å². The second-order valence-corrected chi connectivity index (χ2v) is 7.91. The van der Waals surface area contributed by atoms with Gasteiger partial charge in [-0.05, 0) is 65.8 Å². The quantitative estimate of drug-likeness (QED) is 0.718. The molecule has 1 aromatic rings. The van der Waals surface area contributed by atoms with Crippen molar-refractivity contribution in [2.45, 2.75) is 44.9 Å². The lowest BCUT2D eigenvalue weighted by Crippen LogP contribution is -2.31. The van der Waals surface area contributed by atoms with E-state index in [4.69, 9.17) is 4.74 Å². The second-order valence-electron chi connectivity index (χ2n) is 5.62. The average Bonchev–Trinajstić information content (AvgIpc) is 2.99. The third-order valence-electron chi connectivity index (χ3n) is 3.58. The first-order chi connectivity index (χ1) is 9.67. The number of hydrogen-bond acceptors (Lipinski definition) is 4. The summed E-state index contributed by atoms with van der Waals surface area (Å²) in [6.45, 7) is 6.32. The second kappa shape index (κ2) is 8.49. The molecule has 0 aromatic carbocycles. The van der Waals surface area contributed by atoms with Gasteiger partial charge in [0.2, 0.25) is 0 Å². The van der Waals surface area contributed by atoms with Gasteiger partial charge < -0.3 is 10.1 Å². The molecule has 0 amide bonds. The smallest absolute Gasteiger partial charge is 0.0707 e.